The van der Waals surface area contributed by atoms with Gasteiger partial charge >= 0.3 is 0 Å². The van der Waals surface area contributed by atoms with E-state index >= 15 is 0 Å². The van der Waals surface area contributed by atoms with Gasteiger partial charge in [-0.1, -0.05) is 6.92 Å². The Morgan fingerprint density at radius 2 is 2.07 bits per heavy atom. The van der Waals surface area contributed by atoms with Crippen molar-refractivity contribution in [2.75, 3.05) is 0 Å². The van der Waals surface area contributed by atoms with Crippen LogP contribution in [0.2, 0.25) is 0 Å². The van der Waals surface area contributed by atoms with E-state index in [1.807, 2.05) is 6.92 Å². The van der Waals surface area contributed by atoms with Gasteiger partial charge in [0.25, 0.3) is 0 Å². The molecule has 1 unspecified atom stereocenters. The summed E-state index contributed by atoms with van der Waals surface area (Å²) in [5.41, 5.74) is 10.4. The highest BCUT2D eigenvalue weighted by atomic mass is 16.2. The zero-order valence-electron chi connectivity index (χ0n) is 9.08. The number of nitrogens with two attached hydrogens (primary N) is 2. The summed E-state index contributed by atoms with van der Waals surface area (Å²) in [6.45, 7) is 2.04. The molecule has 0 aromatic rings. The van der Waals surface area contributed by atoms with Crippen LogP contribution in [0.1, 0.15) is 39.0 Å². The number of hydrogen-bond acceptors (Lipinski definition) is 3. The molecular weight excluding hydrogens is 194 g/mol. The smallest absolute Gasteiger partial charge is 0.237 e. The highest BCUT2D eigenvalue weighted by Crippen LogP contribution is 2.34. The van der Waals surface area contributed by atoms with E-state index < -0.39 is 11.9 Å². The number of carbonyl (C=O) groups excluding carboxylic acids is 2. The second-order valence-electron chi connectivity index (χ2n) is 4.25. The van der Waals surface area contributed by atoms with E-state index in [1.165, 1.54) is 0 Å². The van der Waals surface area contributed by atoms with Crippen LogP contribution in [-0.4, -0.2) is 23.4 Å². The fourth-order valence-electron chi connectivity index (χ4n) is 1.83. The summed E-state index contributed by atoms with van der Waals surface area (Å²) in [5, 5.41) is 2.91. The van der Waals surface area contributed by atoms with E-state index in [1.54, 1.807) is 0 Å². The zero-order chi connectivity index (χ0) is 11.5. The minimum Gasteiger partial charge on any atom is -0.370 e. The van der Waals surface area contributed by atoms with Gasteiger partial charge < -0.3 is 16.8 Å². The second kappa shape index (κ2) is 4.61. The lowest BCUT2D eigenvalue weighted by Crippen LogP contribution is -2.57. The molecule has 5 heteroatoms. The summed E-state index contributed by atoms with van der Waals surface area (Å²) in [6.07, 6.45) is 3.95. The van der Waals surface area contributed by atoms with Gasteiger partial charge in [0.2, 0.25) is 11.8 Å². The number of rotatable bonds is 5. The van der Waals surface area contributed by atoms with Crippen LogP contribution in [-0.2, 0) is 9.59 Å². The largest absolute Gasteiger partial charge is 0.370 e. The molecule has 1 atom stereocenters. The van der Waals surface area contributed by atoms with Gasteiger partial charge in [0, 0.05) is 5.54 Å². The molecule has 15 heavy (non-hydrogen) atoms. The van der Waals surface area contributed by atoms with Crippen molar-refractivity contribution in [2.24, 2.45) is 11.5 Å². The van der Waals surface area contributed by atoms with Crippen molar-refractivity contribution in [2.45, 2.75) is 50.6 Å². The molecule has 0 bridgehead atoms. The van der Waals surface area contributed by atoms with Crippen LogP contribution in [0, 0.1) is 0 Å². The SMILES string of the molecule is CCC1(NC(=O)C(N)CC(N)=O)CCC1. The van der Waals surface area contributed by atoms with Crippen LogP contribution in [0.25, 0.3) is 0 Å². The predicted octanol–water partition coefficient (Wildman–Crippen LogP) is -0.362. The number of nitrogens with one attached hydrogen (secondary N) is 1. The minimum atomic E-state index is -0.813. The van der Waals surface area contributed by atoms with Crippen molar-refractivity contribution >= 4 is 11.8 Å². The molecule has 0 saturated heterocycles. The Morgan fingerprint density at radius 1 is 1.47 bits per heavy atom. The van der Waals surface area contributed by atoms with Gasteiger partial charge in [-0.25, -0.2) is 0 Å². The van der Waals surface area contributed by atoms with Gasteiger partial charge in [-0.3, -0.25) is 9.59 Å². The van der Waals surface area contributed by atoms with E-state index in [9.17, 15) is 9.59 Å². The Bertz CT molecular complexity index is 256. The topological polar surface area (TPSA) is 98.2 Å². The molecule has 5 N–H and O–H groups in total. The van der Waals surface area contributed by atoms with Crippen molar-refractivity contribution in [1.29, 1.82) is 0 Å². The second-order valence-corrected chi connectivity index (χ2v) is 4.25. The summed E-state index contributed by atoms with van der Waals surface area (Å²) in [5.74, 6) is -0.813. The van der Waals surface area contributed by atoms with E-state index in [2.05, 4.69) is 5.32 Å². The van der Waals surface area contributed by atoms with E-state index in [-0.39, 0.29) is 17.9 Å². The molecule has 1 aliphatic rings. The van der Waals surface area contributed by atoms with Crippen LogP contribution in [0.4, 0.5) is 0 Å². The molecule has 1 rings (SSSR count). The van der Waals surface area contributed by atoms with Crippen molar-refractivity contribution in [3.8, 4) is 0 Å². The minimum absolute atomic E-state index is 0.0770. The average molecular weight is 213 g/mol. The third-order valence-corrected chi connectivity index (χ3v) is 3.13. The number of amides is 2. The maximum atomic E-state index is 11.6. The maximum absolute atomic E-state index is 11.6. The van der Waals surface area contributed by atoms with Crippen molar-refractivity contribution in [3.05, 3.63) is 0 Å². The first-order chi connectivity index (χ1) is 6.99. The quantitative estimate of drug-likeness (QED) is 0.581. The van der Waals surface area contributed by atoms with E-state index in [4.69, 9.17) is 11.5 Å². The number of hydrogen-bond donors (Lipinski definition) is 3. The lowest BCUT2D eigenvalue weighted by molar-refractivity contribution is -0.128. The first-order valence-corrected chi connectivity index (χ1v) is 5.35. The Morgan fingerprint density at radius 3 is 2.40 bits per heavy atom. The van der Waals surface area contributed by atoms with E-state index in [0.717, 1.165) is 25.7 Å². The maximum Gasteiger partial charge on any atom is 0.237 e. The molecule has 0 radical (unpaired) electrons. The first-order valence-electron chi connectivity index (χ1n) is 5.35. The normalized spacial score (nSPS) is 20.1. The highest BCUT2D eigenvalue weighted by Gasteiger charge is 2.37. The molecule has 0 aromatic heterocycles. The molecule has 1 aliphatic carbocycles. The van der Waals surface area contributed by atoms with Crippen molar-refractivity contribution in [3.63, 3.8) is 0 Å². The Kier molecular flexibility index (Phi) is 3.68. The number of primary amides is 1. The van der Waals surface area contributed by atoms with Crippen molar-refractivity contribution < 1.29 is 9.59 Å². The molecular formula is C10H19N3O2. The summed E-state index contributed by atoms with van der Waals surface area (Å²) in [4.78, 5) is 22.2. The first kappa shape index (κ1) is 12.0. The van der Waals surface area contributed by atoms with E-state index in [0.29, 0.717) is 0 Å². The molecule has 0 spiro atoms. The lowest BCUT2D eigenvalue weighted by atomic mass is 9.74. The Labute approximate surface area is 89.6 Å². The Hall–Kier alpha value is -1.10. The summed E-state index contributed by atoms with van der Waals surface area (Å²) in [7, 11) is 0. The standard InChI is InChI=1S/C10H19N3O2/c1-2-10(4-3-5-10)13-9(15)7(11)6-8(12)14/h7H,2-6,11H2,1H3,(H2,12,14)(H,13,15). The molecule has 1 fully saturated rings. The molecule has 86 valence electrons. The van der Waals surface area contributed by atoms with Gasteiger partial charge in [-0.2, -0.15) is 0 Å². The van der Waals surface area contributed by atoms with Crippen LogP contribution in [0.3, 0.4) is 0 Å². The molecule has 1 saturated carbocycles. The average Bonchev–Trinajstić information content (AvgIpc) is 2.09. The third-order valence-electron chi connectivity index (χ3n) is 3.13. The van der Waals surface area contributed by atoms with Crippen molar-refractivity contribution in [1.82, 2.24) is 5.32 Å². The number of carbonyl (C=O) groups is 2. The van der Waals surface area contributed by atoms with Gasteiger partial charge in [0.15, 0.2) is 0 Å². The van der Waals surface area contributed by atoms with Gasteiger partial charge in [-0.15, -0.1) is 0 Å². The van der Waals surface area contributed by atoms with Crippen LogP contribution < -0.4 is 16.8 Å². The summed E-state index contributed by atoms with van der Waals surface area (Å²) >= 11 is 0. The van der Waals surface area contributed by atoms with Gasteiger partial charge in [0.1, 0.15) is 0 Å². The molecule has 2 amide bonds. The van der Waals surface area contributed by atoms with Crippen LogP contribution >= 0.6 is 0 Å². The van der Waals surface area contributed by atoms with Gasteiger partial charge in [0.05, 0.1) is 12.5 Å². The van der Waals surface area contributed by atoms with Crippen LogP contribution in [0.15, 0.2) is 0 Å². The monoisotopic (exact) mass is 213 g/mol. The Balaban J connectivity index is 2.43. The predicted molar refractivity (Wildman–Crippen MR) is 56.8 cm³/mol. The van der Waals surface area contributed by atoms with Gasteiger partial charge in [-0.05, 0) is 25.7 Å². The molecule has 0 heterocycles. The summed E-state index contributed by atoms with van der Waals surface area (Å²) in [6, 6.07) is -0.813. The fraction of sp³-hybridized carbons (Fsp3) is 0.800. The van der Waals surface area contributed by atoms with Crippen LogP contribution in [0.5, 0.6) is 0 Å². The fourth-order valence-corrected chi connectivity index (χ4v) is 1.83. The molecule has 0 aromatic carbocycles. The zero-order valence-corrected chi connectivity index (χ0v) is 9.08. The lowest BCUT2D eigenvalue weighted by Gasteiger charge is -2.42. The molecule has 0 aliphatic heterocycles. The third kappa shape index (κ3) is 2.92. The summed E-state index contributed by atoms with van der Waals surface area (Å²) < 4.78 is 0. The molecule has 5 nitrogen and oxygen atoms in total. The highest BCUT2D eigenvalue weighted by molar-refractivity contribution is 5.88.